The van der Waals surface area contributed by atoms with Crippen molar-refractivity contribution in [2.75, 3.05) is 11.9 Å². The fourth-order valence-electron chi connectivity index (χ4n) is 2.81. The Morgan fingerprint density at radius 3 is 3.28 bits per heavy atom. The molecule has 1 aromatic heterocycles. The van der Waals surface area contributed by atoms with Crippen molar-refractivity contribution in [3.05, 3.63) is 17.8 Å². The summed E-state index contributed by atoms with van der Waals surface area (Å²) in [6.07, 6.45) is 3.85. The lowest BCUT2D eigenvalue weighted by molar-refractivity contribution is -0.104. The van der Waals surface area contributed by atoms with Gasteiger partial charge in [0.1, 0.15) is 6.07 Å². The van der Waals surface area contributed by atoms with Crippen LogP contribution in [0.2, 0.25) is 0 Å². The van der Waals surface area contributed by atoms with E-state index < -0.39 is 0 Å². The predicted molar refractivity (Wildman–Crippen MR) is 64.6 cm³/mol. The summed E-state index contributed by atoms with van der Waals surface area (Å²) in [5.41, 5.74) is 6.63. The largest absolute Gasteiger partial charge is 0.376 e. The van der Waals surface area contributed by atoms with Crippen LogP contribution in [-0.4, -0.2) is 35.0 Å². The molecule has 6 heteroatoms. The number of aromatic nitrogens is 2. The molecule has 1 saturated heterocycles. The first-order valence-corrected chi connectivity index (χ1v) is 6.17. The lowest BCUT2D eigenvalue weighted by atomic mass is 9.68. The summed E-state index contributed by atoms with van der Waals surface area (Å²) in [5.74, 6) is 0.923. The number of rotatable bonds is 2. The van der Waals surface area contributed by atoms with Crippen molar-refractivity contribution in [1.29, 1.82) is 5.26 Å². The molecule has 1 aliphatic heterocycles. The highest BCUT2D eigenvalue weighted by Crippen LogP contribution is 2.38. The van der Waals surface area contributed by atoms with Gasteiger partial charge in [0.05, 0.1) is 23.9 Å². The van der Waals surface area contributed by atoms with Crippen LogP contribution in [0.15, 0.2) is 12.3 Å². The highest BCUT2D eigenvalue weighted by molar-refractivity contribution is 5.51. The number of nitrogens with two attached hydrogens (primary N) is 1. The lowest BCUT2D eigenvalue weighted by Crippen LogP contribution is -2.69. The topological polar surface area (TPSA) is 96.9 Å². The standard InChI is InChI=1S/C12H15N5O/c13-6-7-3-4-15-17-12(7)16-10-9(14)8-2-1-5-18-11(8)10/h3-4,8-11H,1-2,5,14H2,(H,16,17). The molecular formula is C12H15N5O. The molecule has 0 radical (unpaired) electrons. The summed E-state index contributed by atoms with van der Waals surface area (Å²) >= 11 is 0. The van der Waals surface area contributed by atoms with Crippen LogP contribution in [0.5, 0.6) is 0 Å². The van der Waals surface area contributed by atoms with Crippen LogP contribution in [0.4, 0.5) is 5.82 Å². The zero-order valence-corrected chi connectivity index (χ0v) is 9.91. The zero-order valence-electron chi connectivity index (χ0n) is 9.91. The van der Waals surface area contributed by atoms with Gasteiger partial charge in [0.2, 0.25) is 0 Å². The minimum Gasteiger partial charge on any atom is -0.376 e. The monoisotopic (exact) mass is 245 g/mol. The van der Waals surface area contributed by atoms with E-state index in [1.807, 2.05) is 0 Å². The lowest BCUT2D eigenvalue weighted by Gasteiger charge is -2.52. The first-order valence-electron chi connectivity index (χ1n) is 6.17. The van der Waals surface area contributed by atoms with E-state index in [1.165, 1.54) is 6.20 Å². The van der Waals surface area contributed by atoms with Gasteiger partial charge < -0.3 is 15.8 Å². The molecule has 2 fully saturated rings. The van der Waals surface area contributed by atoms with Crippen LogP contribution < -0.4 is 11.1 Å². The fraction of sp³-hybridized carbons (Fsp3) is 0.583. The molecule has 1 saturated carbocycles. The number of ether oxygens (including phenoxy) is 1. The van der Waals surface area contributed by atoms with E-state index in [4.69, 9.17) is 15.7 Å². The van der Waals surface area contributed by atoms with Gasteiger partial charge in [-0.2, -0.15) is 10.4 Å². The van der Waals surface area contributed by atoms with Crippen molar-refractivity contribution >= 4 is 5.82 Å². The second-order valence-electron chi connectivity index (χ2n) is 4.79. The van der Waals surface area contributed by atoms with Crippen LogP contribution in [0, 0.1) is 17.2 Å². The number of nitrogens with zero attached hydrogens (tertiary/aromatic N) is 3. The Bertz CT molecular complexity index is 486. The summed E-state index contributed by atoms with van der Waals surface area (Å²) in [5, 5.41) is 19.9. The summed E-state index contributed by atoms with van der Waals surface area (Å²) < 4.78 is 5.73. The number of hydrogen-bond donors (Lipinski definition) is 2. The van der Waals surface area contributed by atoms with E-state index in [1.54, 1.807) is 6.07 Å². The van der Waals surface area contributed by atoms with E-state index in [9.17, 15) is 0 Å². The average molecular weight is 245 g/mol. The number of fused-ring (bicyclic) bond motifs is 1. The Kier molecular flexibility index (Phi) is 2.86. The molecule has 4 atom stereocenters. The van der Waals surface area contributed by atoms with Gasteiger partial charge in [-0.05, 0) is 18.9 Å². The van der Waals surface area contributed by atoms with Crippen LogP contribution in [0.3, 0.4) is 0 Å². The van der Waals surface area contributed by atoms with Gasteiger partial charge in [0, 0.05) is 18.6 Å². The second kappa shape index (κ2) is 4.52. The summed E-state index contributed by atoms with van der Waals surface area (Å²) in [4.78, 5) is 0. The quantitative estimate of drug-likeness (QED) is 0.776. The molecule has 6 nitrogen and oxygen atoms in total. The molecule has 0 spiro atoms. The summed E-state index contributed by atoms with van der Waals surface area (Å²) in [7, 11) is 0. The third-order valence-corrected chi connectivity index (χ3v) is 3.82. The second-order valence-corrected chi connectivity index (χ2v) is 4.79. The van der Waals surface area contributed by atoms with Gasteiger partial charge in [-0.15, -0.1) is 5.10 Å². The van der Waals surface area contributed by atoms with Crippen LogP contribution in [0.1, 0.15) is 18.4 Å². The minimum absolute atomic E-state index is 0.0269. The fourth-order valence-corrected chi connectivity index (χ4v) is 2.81. The highest BCUT2D eigenvalue weighted by atomic mass is 16.5. The Balaban J connectivity index is 1.75. The Morgan fingerprint density at radius 2 is 2.44 bits per heavy atom. The number of nitrogens with one attached hydrogen (secondary N) is 1. The summed E-state index contributed by atoms with van der Waals surface area (Å²) in [6.45, 7) is 0.789. The third-order valence-electron chi connectivity index (χ3n) is 3.82. The normalized spacial score (nSPS) is 34.0. The predicted octanol–water partition coefficient (Wildman–Crippen LogP) is 0.265. The molecule has 0 bridgehead atoms. The molecule has 94 valence electrons. The van der Waals surface area contributed by atoms with Gasteiger partial charge in [0.15, 0.2) is 5.82 Å². The molecule has 1 aliphatic carbocycles. The number of hydrogen-bond acceptors (Lipinski definition) is 6. The maximum absolute atomic E-state index is 9.00. The van der Waals surface area contributed by atoms with Crippen molar-refractivity contribution in [2.45, 2.75) is 31.0 Å². The van der Waals surface area contributed by atoms with Crippen LogP contribution >= 0.6 is 0 Å². The average Bonchev–Trinajstić information content (AvgIpc) is 2.44. The van der Waals surface area contributed by atoms with Crippen molar-refractivity contribution < 1.29 is 4.74 Å². The van der Waals surface area contributed by atoms with Crippen LogP contribution in [-0.2, 0) is 4.74 Å². The molecule has 0 amide bonds. The van der Waals surface area contributed by atoms with E-state index in [-0.39, 0.29) is 18.2 Å². The zero-order chi connectivity index (χ0) is 12.5. The molecule has 4 unspecified atom stereocenters. The first kappa shape index (κ1) is 11.4. The van der Waals surface area contributed by atoms with E-state index in [0.717, 1.165) is 19.4 Å². The van der Waals surface area contributed by atoms with Crippen molar-refractivity contribution in [3.8, 4) is 6.07 Å². The van der Waals surface area contributed by atoms with Gasteiger partial charge >= 0.3 is 0 Å². The van der Waals surface area contributed by atoms with Crippen molar-refractivity contribution in [1.82, 2.24) is 10.2 Å². The van der Waals surface area contributed by atoms with E-state index in [2.05, 4.69) is 21.6 Å². The SMILES string of the molecule is N#Cc1ccnnc1NC1C(N)C2CCCOC21. The van der Waals surface area contributed by atoms with Gasteiger partial charge in [-0.1, -0.05) is 0 Å². The highest BCUT2D eigenvalue weighted by Gasteiger charge is 2.50. The van der Waals surface area contributed by atoms with E-state index in [0.29, 0.717) is 17.3 Å². The third kappa shape index (κ3) is 1.72. The number of nitriles is 1. The van der Waals surface area contributed by atoms with Crippen LogP contribution in [0.25, 0.3) is 0 Å². The van der Waals surface area contributed by atoms with E-state index >= 15 is 0 Å². The Labute approximate surface area is 105 Å². The Hall–Kier alpha value is -1.71. The maximum atomic E-state index is 9.00. The molecule has 18 heavy (non-hydrogen) atoms. The molecule has 1 aromatic rings. The van der Waals surface area contributed by atoms with Gasteiger partial charge in [0.25, 0.3) is 0 Å². The maximum Gasteiger partial charge on any atom is 0.166 e. The minimum atomic E-state index is 0.0269. The molecule has 2 heterocycles. The number of anilines is 1. The molecule has 3 rings (SSSR count). The first-order chi connectivity index (χ1) is 8.81. The van der Waals surface area contributed by atoms with Crippen molar-refractivity contribution in [3.63, 3.8) is 0 Å². The van der Waals surface area contributed by atoms with Gasteiger partial charge in [-0.25, -0.2) is 0 Å². The molecule has 2 aliphatic rings. The molecule has 0 aromatic carbocycles. The van der Waals surface area contributed by atoms with Crippen molar-refractivity contribution in [2.24, 2.45) is 11.7 Å². The molecular weight excluding hydrogens is 230 g/mol. The van der Waals surface area contributed by atoms with Gasteiger partial charge in [-0.3, -0.25) is 0 Å². The Morgan fingerprint density at radius 1 is 1.56 bits per heavy atom. The summed E-state index contributed by atoms with van der Waals surface area (Å²) in [6, 6.07) is 3.81. The molecule has 3 N–H and O–H groups in total. The smallest absolute Gasteiger partial charge is 0.166 e.